The molecule has 0 saturated carbocycles. The second kappa shape index (κ2) is 7.21. The smallest absolute Gasteiger partial charge is 0.0235 e. The Hall–Kier alpha value is -1.16. The van der Waals surface area contributed by atoms with E-state index in [0.29, 0.717) is 0 Å². The third-order valence-electron chi connectivity index (χ3n) is 4.01. The topological polar surface area (TPSA) is 6.48 Å². The average molecular weight is 345 g/mol. The highest BCUT2D eigenvalue weighted by molar-refractivity contribution is 9.10. The van der Waals surface area contributed by atoms with Crippen LogP contribution in [0, 0.1) is 0 Å². The summed E-state index contributed by atoms with van der Waals surface area (Å²) in [5.41, 5.74) is 2.80. The molecule has 110 valence electrons. The fourth-order valence-corrected chi connectivity index (χ4v) is 3.29. The maximum absolute atomic E-state index is 3.55. The molecule has 1 heterocycles. The lowest BCUT2D eigenvalue weighted by Gasteiger charge is -2.34. The number of benzene rings is 2. The molecule has 2 aromatic carbocycles. The Morgan fingerprint density at radius 2 is 1.29 bits per heavy atom. The summed E-state index contributed by atoms with van der Waals surface area (Å²) in [4.78, 5) is 5.09. The van der Waals surface area contributed by atoms with Crippen LogP contribution in [-0.4, -0.2) is 36.0 Å². The molecular formula is C18H21BrN2. The van der Waals surface area contributed by atoms with E-state index in [-0.39, 0.29) is 0 Å². The highest BCUT2D eigenvalue weighted by Gasteiger charge is 2.16. The van der Waals surface area contributed by atoms with Gasteiger partial charge in [0, 0.05) is 43.7 Å². The van der Waals surface area contributed by atoms with Crippen molar-refractivity contribution in [1.29, 1.82) is 0 Å². The first-order valence-electron chi connectivity index (χ1n) is 7.53. The Balaban J connectivity index is 1.49. The maximum Gasteiger partial charge on any atom is 0.0235 e. The van der Waals surface area contributed by atoms with Crippen LogP contribution in [0.4, 0.5) is 0 Å². The van der Waals surface area contributed by atoms with Gasteiger partial charge < -0.3 is 0 Å². The van der Waals surface area contributed by atoms with Crippen molar-refractivity contribution < 1.29 is 0 Å². The zero-order chi connectivity index (χ0) is 14.5. The van der Waals surface area contributed by atoms with Gasteiger partial charge in [-0.1, -0.05) is 58.4 Å². The Morgan fingerprint density at radius 3 is 1.90 bits per heavy atom. The van der Waals surface area contributed by atoms with Crippen LogP contribution in [0.25, 0.3) is 0 Å². The van der Waals surface area contributed by atoms with E-state index in [1.165, 1.54) is 15.6 Å². The van der Waals surface area contributed by atoms with Gasteiger partial charge in [0.05, 0.1) is 0 Å². The van der Waals surface area contributed by atoms with E-state index in [4.69, 9.17) is 0 Å². The highest BCUT2D eigenvalue weighted by Crippen LogP contribution is 2.15. The molecule has 0 atom stereocenters. The first-order chi connectivity index (χ1) is 10.3. The lowest BCUT2D eigenvalue weighted by Crippen LogP contribution is -2.45. The standard InChI is InChI=1S/C18H21BrN2/c19-18-8-4-7-17(13-18)15-21-11-9-20(10-12-21)14-16-5-2-1-3-6-16/h1-8,13H,9-12,14-15H2. The van der Waals surface area contributed by atoms with Gasteiger partial charge in [-0.25, -0.2) is 0 Å². The van der Waals surface area contributed by atoms with Gasteiger partial charge in [0.25, 0.3) is 0 Å². The highest BCUT2D eigenvalue weighted by atomic mass is 79.9. The number of hydrogen-bond acceptors (Lipinski definition) is 2. The van der Waals surface area contributed by atoms with Crippen molar-refractivity contribution in [3.05, 3.63) is 70.2 Å². The summed E-state index contributed by atoms with van der Waals surface area (Å²) in [5, 5.41) is 0. The Bertz CT molecular complexity index is 562. The van der Waals surface area contributed by atoms with Gasteiger partial charge in [0.15, 0.2) is 0 Å². The van der Waals surface area contributed by atoms with Crippen LogP contribution in [0.15, 0.2) is 59.1 Å². The molecule has 0 bridgehead atoms. The van der Waals surface area contributed by atoms with Crippen molar-refractivity contribution in [3.63, 3.8) is 0 Å². The average Bonchev–Trinajstić information content (AvgIpc) is 2.50. The monoisotopic (exact) mass is 344 g/mol. The van der Waals surface area contributed by atoms with Crippen LogP contribution in [0.5, 0.6) is 0 Å². The molecule has 2 aromatic rings. The minimum atomic E-state index is 1.05. The Kier molecular flexibility index (Phi) is 5.07. The summed E-state index contributed by atoms with van der Waals surface area (Å²) < 4.78 is 1.17. The minimum Gasteiger partial charge on any atom is -0.297 e. The van der Waals surface area contributed by atoms with E-state index in [9.17, 15) is 0 Å². The van der Waals surface area contributed by atoms with Crippen LogP contribution >= 0.6 is 15.9 Å². The second-order valence-corrected chi connectivity index (χ2v) is 6.58. The predicted molar refractivity (Wildman–Crippen MR) is 91.1 cm³/mol. The van der Waals surface area contributed by atoms with Gasteiger partial charge in [0.1, 0.15) is 0 Å². The van der Waals surface area contributed by atoms with E-state index in [2.05, 4.69) is 80.3 Å². The minimum absolute atomic E-state index is 1.05. The van der Waals surface area contributed by atoms with Gasteiger partial charge in [-0.15, -0.1) is 0 Å². The van der Waals surface area contributed by atoms with Crippen molar-refractivity contribution >= 4 is 15.9 Å². The summed E-state index contributed by atoms with van der Waals surface area (Å²) in [6, 6.07) is 19.4. The SMILES string of the molecule is Brc1cccc(CN2CCN(Cc3ccccc3)CC2)c1. The van der Waals surface area contributed by atoms with Crippen LogP contribution in [0.3, 0.4) is 0 Å². The molecule has 0 aromatic heterocycles. The molecule has 0 spiro atoms. The first-order valence-corrected chi connectivity index (χ1v) is 8.32. The van der Waals surface area contributed by atoms with E-state index in [1.54, 1.807) is 0 Å². The Labute approximate surface area is 135 Å². The molecule has 1 fully saturated rings. The van der Waals surface area contributed by atoms with Gasteiger partial charge in [-0.3, -0.25) is 9.80 Å². The zero-order valence-electron chi connectivity index (χ0n) is 12.2. The van der Waals surface area contributed by atoms with Crippen molar-refractivity contribution in [3.8, 4) is 0 Å². The van der Waals surface area contributed by atoms with Crippen molar-refractivity contribution in [2.75, 3.05) is 26.2 Å². The maximum atomic E-state index is 3.55. The molecule has 2 nitrogen and oxygen atoms in total. The summed E-state index contributed by atoms with van der Waals surface area (Å²) in [6.45, 7) is 6.74. The molecule has 0 radical (unpaired) electrons. The fraction of sp³-hybridized carbons (Fsp3) is 0.333. The van der Waals surface area contributed by atoms with Crippen LogP contribution < -0.4 is 0 Å². The van der Waals surface area contributed by atoms with Gasteiger partial charge in [0.2, 0.25) is 0 Å². The lowest BCUT2D eigenvalue weighted by atomic mass is 10.1. The third-order valence-corrected chi connectivity index (χ3v) is 4.50. The van der Waals surface area contributed by atoms with Crippen molar-refractivity contribution in [2.45, 2.75) is 13.1 Å². The summed E-state index contributed by atoms with van der Waals surface area (Å²) in [7, 11) is 0. The van der Waals surface area contributed by atoms with Gasteiger partial charge in [-0.05, 0) is 23.3 Å². The lowest BCUT2D eigenvalue weighted by molar-refractivity contribution is 0.122. The predicted octanol–water partition coefficient (Wildman–Crippen LogP) is 3.77. The molecular weight excluding hydrogens is 324 g/mol. The number of nitrogens with zero attached hydrogens (tertiary/aromatic N) is 2. The molecule has 1 aliphatic heterocycles. The van der Waals surface area contributed by atoms with E-state index >= 15 is 0 Å². The number of halogens is 1. The van der Waals surface area contributed by atoms with Crippen LogP contribution in [0.1, 0.15) is 11.1 Å². The number of piperazine rings is 1. The number of hydrogen-bond donors (Lipinski definition) is 0. The zero-order valence-corrected chi connectivity index (χ0v) is 13.8. The normalized spacial score (nSPS) is 17.0. The third kappa shape index (κ3) is 4.40. The molecule has 3 rings (SSSR count). The molecule has 0 N–H and O–H groups in total. The molecule has 1 aliphatic rings. The van der Waals surface area contributed by atoms with Crippen LogP contribution in [-0.2, 0) is 13.1 Å². The molecule has 0 aliphatic carbocycles. The van der Waals surface area contributed by atoms with Gasteiger partial charge >= 0.3 is 0 Å². The molecule has 0 amide bonds. The summed E-state index contributed by atoms with van der Waals surface area (Å²) >= 11 is 3.55. The largest absolute Gasteiger partial charge is 0.297 e. The van der Waals surface area contributed by atoms with E-state index in [1.807, 2.05) is 0 Å². The fourth-order valence-electron chi connectivity index (χ4n) is 2.84. The van der Waals surface area contributed by atoms with E-state index in [0.717, 1.165) is 39.3 Å². The van der Waals surface area contributed by atoms with Gasteiger partial charge in [-0.2, -0.15) is 0 Å². The summed E-state index contributed by atoms with van der Waals surface area (Å²) in [6.07, 6.45) is 0. The second-order valence-electron chi connectivity index (χ2n) is 5.67. The quantitative estimate of drug-likeness (QED) is 0.832. The van der Waals surface area contributed by atoms with Crippen LogP contribution in [0.2, 0.25) is 0 Å². The first kappa shape index (κ1) is 14.8. The van der Waals surface area contributed by atoms with Crippen molar-refractivity contribution in [1.82, 2.24) is 9.80 Å². The Morgan fingerprint density at radius 1 is 0.714 bits per heavy atom. The van der Waals surface area contributed by atoms with E-state index < -0.39 is 0 Å². The molecule has 3 heteroatoms. The summed E-state index contributed by atoms with van der Waals surface area (Å²) in [5.74, 6) is 0. The molecule has 0 unspecified atom stereocenters. The molecule has 1 saturated heterocycles. The van der Waals surface area contributed by atoms with Crippen molar-refractivity contribution in [2.24, 2.45) is 0 Å². The molecule has 21 heavy (non-hydrogen) atoms. The number of rotatable bonds is 4.